The predicted octanol–water partition coefficient (Wildman–Crippen LogP) is 2.02. The summed E-state index contributed by atoms with van der Waals surface area (Å²) in [6.45, 7) is 1.54. The van der Waals surface area contributed by atoms with Crippen molar-refractivity contribution in [3.8, 4) is 0 Å². The Hall–Kier alpha value is -1.40. The van der Waals surface area contributed by atoms with Crippen molar-refractivity contribution >= 4 is 20.7 Å². The van der Waals surface area contributed by atoms with Gasteiger partial charge in [0.15, 0.2) is 0 Å². The van der Waals surface area contributed by atoms with Crippen molar-refractivity contribution < 1.29 is 8.42 Å². The molecule has 0 amide bonds. The van der Waals surface area contributed by atoms with Crippen molar-refractivity contribution in [2.45, 2.75) is 42.7 Å². The normalized spacial score (nSPS) is 30.6. The van der Waals surface area contributed by atoms with Gasteiger partial charge < -0.3 is 4.90 Å². The van der Waals surface area contributed by atoms with Crippen LogP contribution in [0.25, 0.3) is 0 Å². The summed E-state index contributed by atoms with van der Waals surface area (Å²) in [6, 6.07) is 8.05. The van der Waals surface area contributed by atoms with E-state index in [1.54, 1.807) is 18.2 Å². The number of hydrogen-bond donors (Lipinski definition) is 0. The molecule has 118 valence electrons. The summed E-state index contributed by atoms with van der Waals surface area (Å²) < 4.78 is 25.6. The van der Waals surface area contributed by atoms with Gasteiger partial charge in [-0.3, -0.25) is 4.90 Å². The third-order valence-electron chi connectivity index (χ3n) is 5.27. The molecular weight excluding hydrogens is 298 g/mol. The first-order valence-corrected chi connectivity index (χ1v) is 9.45. The fourth-order valence-corrected chi connectivity index (χ4v) is 5.53. The summed E-state index contributed by atoms with van der Waals surface area (Å²) in [4.78, 5) is 9.24. The Morgan fingerprint density at radius 2 is 1.91 bits per heavy atom. The molecule has 0 radical (unpaired) electrons. The van der Waals surface area contributed by atoms with E-state index in [9.17, 15) is 8.42 Å². The van der Waals surface area contributed by atoms with Crippen LogP contribution in [0.5, 0.6) is 0 Å². The summed E-state index contributed by atoms with van der Waals surface area (Å²) in [5.74, 6) is 0. The van der Waals surface area contributed by atoms with E-state index in [0.29, 0.717) is 22.7 Å². The lowest BCUT2D eigenvalue weighted by molar-refractivity contribution is 0.122. The van der Waals surface area contributed by atoms with E-state index in [1.165, 1.54) is 12.8 Å². The van der Waals surface area contributed by atoms with Gasteiger partial charge in [-0.1, -0.05) is 18.6 Å². The molecule has 2 bridgehead atoms. The van der Waals surface area contributed by atoms with Gasteiger partial charge in [-0.25, -0.2) is 13.4 Å². The summed E-state index contributed by atoms with van der Waals surface area (Å²) in [5.41, 5.74) is 0.582. The molecule has 22 heavy (non-hydrogen) atoms. The van der Waals surface area contributed by atoms with E-state index < -0.39 is 9.84 Å². The number of fused-ring (bicyclic) bond motifs is 3. The first-order chi connectivity index (χ1) is 10.6. The third kappa shape index (κ3) is 2.08. The Morgan fingerprint density at radius 3 is 2.73 bits per heavy atom. The van der Waals surface area contributed by atoms with Crippen LogP contribution < -0.4 is 0 Å². The lowest BCUT2D eigenvalue weighted by Crippen LogP contribution is -2.46. The van der Waals surface area contributed by atoms with Crippen molar-refractivity contribution in [3.05, 3.63) is 24.3 Å². The van der Waals surface area contributed by atoms with Crippen molar-refractivity contribution in [3.63, 3.8) is 0 Å². The smallest absolute Gasteiger partial charge is 0.241 e. The highest BCUT2D eigenvalue weighted by molar-refractivity contribution is 8.06. The van der Waals surface area contributed by atoms with Crippen LogP contribution >= 0.6 is 0 Å². The summed E-state index contributed by atoms with van der Waals surface area (Å²) in [6.07, 6.45) is 4.62. The first-order valence-electron chi connectivity index (χ1n) is 7.97. The molecule has 5 nitrogen and oxygen atoms in total. The topological polar surface area (TPSA) is 53.0 Å². The molecule has 1 aromatic carbocycles. The molecular formula is C16H21N3O2S. The summed E-state index contributed by atoms with van der Waals surface area (Å²) in [5, 5.41) is 0.259. The van der Waals surface area contributed by atoms with Gasteiger partial charge in [0, 0.05) is 25.2 Å². The fraction of sp³-hybridized carbons (Fsp3) is 0.562. The Labute approximate surface area is 131 Å². The molecule has 6 heteroatoms. The van der Waals surface area contributed by atoms with Gasteiger partial charge in [0.1, 0.15) is 4.90 Å². The molecule has 2 unspecified atom stereocenters. The highest BCUT2D eigenvalue weighted by Crippen LogP contribution is 2.35. The molecule has 3 aliphatic heterocycles. The van der Waals surface area contributed by atoms with E-state index >= 15 is 0 Å². The monoisotopic (exact) mass is 319 g/mol. The fourth-order valence-electron chi connectivity index (χ4n) is 3.97. The molecule has 2 saturated heterocycles. The third-order valence-corrected chi connectivity index (χ3v) is 7.03. The second-order valence-corrected chi connectivity index (χ2v) is 8.32. The largest absolute Gasteiger partial charge is 0.345 e. The number of para-hydroxylation sites is 1. The molecule has 0 spiro atoms. The Morgan fingerprint density at radius 1 is 1.14 bits per heavy atom. The maximum absolute atomic E-state index is 12.8. The second kappa shape index (κ2) is 5.06. The first kappa shape index (κ1) is 14.2. The maximum atomic E-state index is 12.8. The molecule has 1 aromatic rings. The van der Waals surface area contributed by atoms with Gasteiger partial charge in [-0.2, -0.15) is 0 Å². The Balaban J connectivity index is 1.69. The molecule has 0 saturated carbocycles. The van der Waals surface area contributed by atoms with Crippen LogP contribution in [0.4, 0.5) is 5.69 Å². The molecule has 4 rings (SSSR count). The van der Waals surface area contributed by atoms with Crippen molar-refractivity contribution in [1.29, 1.82) is 0 Å². The van der Waals surface area contributed by atoms with E-state index in [-0.39, 0.29) is 5.17 Å². The zero-order valence-electron chi connectivity index (χ0n) is 12.8. The van der Waals surface area contributed by atoms with E-state index in [0.717, 1.165) is 25.9 Å². The van der Waals surface area contributed by atoms with Crippen molar-refractivity contribution in [1.82, 2.24) is 9.80 Å². The molecule has 2 fully saturated rings. The van der Waals surface area contributed by atoms with Gasteiger partial charge in [-0.05, 0) is 38.4 Å². The molecule has 3 heterocycles. The minimum absolute atomic E-state index is 0.259. The highest BCUT2D eigenvalue weighted by Gasteiger charge is 2.39. The minimum Gasteiger partial charge on any atom is -0.345 e. The van der Waals surface area contributed by atoms with Crippen LogP contribution in [0.3, 0.4) is 0 Å². The van der Waals surface area contributed by atoms with Gasteiger partial charge in [0.25, 0.3) is 0 Å². The van der Waals surface area contributed by atoms with Crippen LogP contribution in [-0.4, -0.2) is 55.6 Å². The van der Waals surface area contributed by atoms with Gasteiger partial charge in [0.2, 0.25) is 15.0 Å². The minimum atomic E-state index is -3.45. The summed E-state index contributed by atoms with van der Waals surface area (Å²) >= 11 is 0. The maximum Gasteiger partial charge on any atom is 0.241 e. The number of nitrogens with zero attached hydrogens (tertiary/aromatic N) is 3. The zero-order valence-corrected chi connectivity index (χ0v) is 13.6. The molecule has 0 aliphatic carbocycles. The van der Waals surface area contributed by atoms with Crippen molar-refractivity contribution in [2.24, 2.45) is 4.99 Å². The number of sulfone groups is 1. The number of piperidine rings is 1. The number of benzene rings is 1. The number of amidine groups is 1. The van der Waals surface area contributed by atoms with Gasteiger partial charge >= 0.3 is 0 Å². The predicted molar refractivity (Wildman–Crippen MR) is 86.1 cm³/mol. The molecule has 3 aliphatic rings. The van der Waals surface area contributed by atoms with Crippen LogP contribution in [0.1, 0.15) is 25.7 Å². The molecule has 0 N–H and O–H groups in total. The van der Waals surface area contributed by atoms with Crippen LogP contribution in [0.15, 0.2) is 34.2 Å². The van der Waals surface area contributed by atoms with Crippen LogP contribution in [0.2, 0.25) is 0 Å². The standard InChI is InChI=1S/C16H21N3O2S/c1-18-12-5-4-6-13(18)11-19(10-9-12)16-17-14-7-2-3-8-15(14)22(16,20)21/h2-3,7-8,12-13H,4-6,9-11H2,1H3. The lowest BCUT2D eigenvalue weighted by atomic mass is 9.96. The Kier molecular flexibility index (Phi) is 3.27. The number of aliphatic imine (C=N–C) groups is 1. The van der Waals surface area contributed by atoms with E-state index in [2.05, 4.69) is 16.9 Å². The molecule has 0 aromatic heterocycles. The van der Waals surface area contributed by atoms with Crippen LogP contribution in [-0.2, 0) is 9.84 Å². The van der Waals surface area contributed by atoms with Crippen LogP contribution in [0, 0.1) is 0 Å². The molecule has 2 atom stereocenters. The SMILES string of the molecule is CN1C2CCCC1CN(C1=Nc3ccccc3S1(=O)=O)CC2. The van der Waals surface area contributed by atoms with E-state index in [4.69, 9.17) is 0 Å². The van der Waals surface area contributed by atoms with Gasteiger partial charge in [-0.15, -0.1) is 0 Å². The number of hydrogen-bond acceptors (Lipinski definition) is 5. The number of likely N-dealkylation sites (N-methyl/N-ethyl adjacent to an activating group) is 1. The zero-order chi connectivity index (χ0) is 15.3. The Bertz CT molecular complexity index is 729. The quantitative estimate of drug-likeness (QED) is 0.734. The summed E-state index contributed by atoms with van der Waals surface area (Å²) in [7, 11) is -1.27. The second-order valence-electron chi connectivity index (χ2n) is 6.50. The lowest BCUT2D eigenvalue weighted by Gasteiger charge is -2.37. The average molecular weight is 319 g/mol. The van der Waals surface area contributed by atoms with Gasteiger partial charge in [0.05, 0.1) is 5.69 Å². The highest BCUT2D eigenvalue weighted by atomic mass is 32.2. The number of rotatable bonds is 0. The van der Waals surface area contributed by atoms with Crippen molar-refractivity contribution in [2.75, 3.05) is 20.1 Å². The average Bonchev–Trinajstić information content (AvgIpc) is 2.75. The van der Waals surface area contributed by atoms with E-state index in [1.807, 2.05) is 11.0 Å².